The molecule has 0 aliphatic carbocycles. The highest BCUT2D eigenvalue weighted by atomic mass is 16.2. The minimum absolute atomic E-state index is 0.0732. The summed E-state index contributed by atoms with van der Waals surface area (Å²) >= 11 is 0. The maximum absolute atomic E-state index is 11.8. The van der Waals surface area contributed by atoms with Gasteiger partial charge in [-0.15, -0.1) is 5.10 Å². The van der Waals surface area contributed by atoms with E-state index in [1.54, 1.807) is 6.92 Å². The molecule has 7 heteroatoms. The number of aromatic nitrogens is 3. The van der Waals surface area contributed by atoms with Crippen LogP contribution in [0.1, 0.15) is 18.9 Å². The number of hydrogen-bond acceptors (Lipinski definition) is 4. The standard InChI is InChI=1S/C15H19N5O2/c1-2-14(21)17-13-10-20(19-18-13)11-15(22)16-9-8-12-6-4-3-5-7-12/h3-7,10H,2,8-9,11H2,1H3,(H,16,22)(H,17,21). The van der Waals surface area contributed by atoms with Gasteiger partial charge in [0.25, 0.3) is 0 Å². The summed E-state index contributed by atoms with van der Waals surface area (Å²) in [6.45, 7) is 2.39. The molecule has 1 heterocycles. The number of hydrogen-bond donors (Lipinski definition) is 2. The van der Waals surface area contributed by atoms with Crippen LogP contribution < -0.4 is 10.6 Å². The highest BCUT2D eigenvalue weighted by Crippen LogP contribution is 2.01. The molecule has 0 aliphatic heterocycles. The molecule has 0 atom stereocenters. The van der Waals surface area contributed by atoms with Gasteiger partial charge in [0, 0.05) is 13.0 Å². The fraction of sp³-hybridized carbons (Fsp3) is 0.333. The maximum atomic E-state index is 11.8. The van der Waals surface area contributed by atoms with E-state index in [0.717, 1.165) is 6.42 Å². The van der Waals surface area contributed by atoms with Crippen molar-refractivity contribution >= 4 is 17.6 Å². The molecule has 1 aromatic carbocycles. The van der Waals surface area contributed by atoms with Crippen molar-refractivity contribution in [3.05, 3.63) is 42.1 Å². The lowest BCUT2D eigenvalue weighted by Crippen LogP contribution is -2.29. The monoisotopic (exact) mass is 301 g/mol. The molecule has 2 amide bonds. The van der Waals surface area contributed by atoms with Crippen molar-refractivity contribution in [3.63, 3.8) is 0 Å². The molecule has 0 saturated carbocycles. The Hall–Kier alpha value is -2.70. The van der Waals surface area contributed by atoms with Gasteiger partial charge in [0.1, 0.15) is 6.54 Å². The van der Waals surface area contributed by atoms with Crippen molar-refractivity contribution in [3.8, 4) is 0 Å². The molecule has 22 heavy (non-hydrogen) atoms. The quantitative estimate of drug-likeness (QED) is 0.798. The zero-order valence-corrected chi connectivity index (χ0v) is 12.5. The van der Waals surface area contributed by atoms with Crippen molar-refractivity contribution in [1.82, 2.24) is 20.3 Å². The molecule has 1 aromatic heterocycles. The van der Waals surface area contributed by atoms with Crippen LogP contribution in [-0.2, 0) is 22.6 Å². The average Bonchev–Trinajstić information content (AvgIpc) is 2.95. The molecule has 0 spiro atoms. The number of benzene rings is 1. The van der Waals surface area contributed by atoms with Crippen molar-refractivity contribution < 1.29 is 9.59 Å². The molecule has 0 unspecified atom stereocenters. The van der Waals surface area contributed by atoms with Gasteiger partial charge in [0.2, 0.25) is 11.8 Å². The zero-order valence-electron chi connectivity index (χ0n) is 12.5. The van der Waals surface area contributed by atoms with E-state index in [2.05, 4.69) is 20.9 Å². The van der Waals surface area contributed by atoms with Crippen LogP contribution in [0.3, 0.4) is 0 Å². The van der Waals surface area contributed by atoms with E-state index in [1.165, 1.54) is 16.4 Å². The molecule has 2 rings (SSSR count). The van der Waals surface area contributed by atoms with E-state index in [0.29, 0.717) is 18.8 Å². The third kappa shape index (κ3) is 5.01. The molecular formula is C15H19N5O2. The Morgan fingerprint density at radius 2 is 1.95 bits per heavy atom. The first-order valence-electron chi connectivity index (χ1n) is 7.18. The Kier molecular flexibility index (Phi) is 5.65. The second-order valence-electron chi connectivity index (χ2n) is 4.79. The predicted octanol–water partition coefficient (Wildman–Crippen LogP) is 0.985. The molecule has 2 aromatic rings. The van der Waals surface area contributed by atoms with E-state index in [-0.39, 0.29) is 18.4 Å². The van der Waals surface area contributed by atoms with Crippen LogP contribution in [0, 0.1) is 0 Å². The molecule has 0 radical (unpaired) electrons. The fourth-order valence-corrected chi connectivity index (χ4v) is 1.86. The molecule has 0 bridgehead atoms. The summed E-state index contributed by atoms with van der Waals surface area (Å²) < 4.78 is 1.39. The minimum Gasteiger partial charge on any atom is -0.354 e. The first-order chi connectivity index (χ1) is 10.7. The van der Waals surface area contributed by atoms with Gasteiger partial charge in [0.05, 0.1) is 6.20 Å². The van der Waals surface area contributed by atoms with E-state index in [4.69, 9.17) is 0 Å². The maximum Gasteiger partial charge on any atom is 0.241 e. The Labute approximate surface area is 128 Å². The molecule has 0 fully saturated rings. The predicted molar refractivity (Wildman–Crippen MR) is 82.1 cm³/mol. The summed E-state index contributed by atoms with van der Waals surface area (Å²) in [6, 6.07) is 9.94. The lowest BCUT2D eigenvalue weighted by Gasteiger charge is -2.05. The van der Waals surface area contributed by atoms with E-state index >= 15 is 0 Å². The first kappa shape index (κ1) is 15.7. The summed E-state index contributed by atoms with van der Waals surface area (Å²) in [5.41, 5.74) is 1.17. The topological polar surface area (TPSA) is 88.9 Å². The van der Waals surface area contributed by atoms with Gasteiger partial charge >= 0.3 is 0 Å². The van der Waals surface area contributed by atoms with Crippen LogP contribution in [0.2, 0.25) is 0 Å². The molecule has 7 nitrogen and oxygen atoms in total. The van der Waals surface area contributed by atoms with Gasteiger partial charge < -0.3 is 10.6 Å². The van der Waals surface area contributed by atoms with Crippen LogP contribution >= 0.6 is 0 Å². The minimum atomic E-state index is -0.144. The van der Waals surface area contributed by atoms with Gasteiger partial charge in [0.15, 0.2) is 5.82 Å². The van der Waals surface area contributed by atoms with Crippen molar-refractivity contribution in [2.45, 2.75) is 26.3 Å². The average molecular weight is 301 g/mol. The van der Waals surface area contributed by atoms with E-state index < -0.39 is 0 Å². The smallest absolute Gasteiger partial charge is 0.241 e. The molecule has 2 N–H and O–H groups in total. The normalized spacial score (nSPS) is 10.2. The Balaban J connectivity index is 1.74. The molecule has 0 aliphatic rings. The molecule has 0 saturated heterocycles. The highest BCUT2D eigenvalue weighted by Gasteiger charge is 2.07. The lowest BCUT2D eigenvalue weighted by molar-refractivity contribution is -0.121. The van der Waals surface area contributed by atoms with Gasteiger partial charge in [-0.25, -0.2) is 4.68 Å². The molecule has 116 valence electrons. The number of carbonyl (C=O) groups excluding carboxylic acids is 2. The van der Waals surface area contributed by atoms with Crippen molar-refractivity contribution in [2.24, 2.45) is 0 Å². The van der Waals surface area contributed by atoms with Crippen molar-refractivity contribution in [1.29, 1.82) is 0 Å². The number of rotatable bonds is 7. The number of anilines is 1. The molecular weight excluding hydrogens is 282 g/mol. The summed E-state index contributed by atoms with van der Waals surface area (Å²) in [5, 5.41) is 13.0. The first-order valence-corrected chi connectivity index (χ1v) is 7.18. The van der Waals surface area contributed by atoms with Crippen LogP contribution in [0.15, 0.2) is 36.5 Å². The Bertz CT molecular complexity index is 624. The van der Waals surface area contributed by atoms with Gasteiger partial charge in [-0.1, -0.05) is 42.5 Å². The number of carbonyl (C=O) groups is 2. The SMILES string of the molecule is CCC(=O)Nc1cn(CC(=O)NCCc2ccccc2)nn1. The summed E-state index contributed by atoms with van der Waals surface area (Å²) in [7, 11) is 0. The van der Waals surface area contributed by atoms with E-state index in [9.17, 15) is 9.59 Å². The van der Waals surface area contributed by atoms with Gasteiger partial charge in [-0.2, -0.15) is 0 Å². The lowest BCUT2D eigenvalue weighted by atomic mass is 10.1. The number of nitrogens with zero attached hydrogens (tertiary/aromatic N) is 3. The second kappa shape index (κ2) is 7.92. The Morgan fingerprint density at radius 3 is 2.68 bits per heavy atom. The Morgan fingerprint density at radius 1 is 1.18 bits per heavy atom. The van der Waals surface area contributed by atoms with Crippen LogP contribution in [0.4, 0.5) is 5.82 Å². The fourth-order valence-electron chi connectivity index (χ4n) is 1.86. The van der Waals surface area contributed by atoms with Crippen LogP contribution in [0.25, 0.3) is 0 Å². The summed E-state index contributed by atoms with van der Waals surface area (Å²) in [6.07, 6.45) is 2.68. The van der Waals surface area contributed by atoms with Crippen LogP contribution in [0.5, 0.6) is 0 Å². The summed E-state index contributed by atoms with van der Waals surface area (Å²) in [4.78, 5) is 23.0. The van der Waals surface area contributed by atoms with Crippen LogP contribution in [-0.4, -0.2) is 33.4 Å². The number of nitrogens with one attached hydrogen (secondary N) is 2. The largest absolute Gasteiger partial charge is 0.354 e. The van der Waals surface area contributed by atoms with Crippen molar-refractivity contribution in [2.75, 3.05) is 11.9 Å². The van der Waals surface area contributed by atoms with E-state index in [1.807, 2.05) is 30.3 Å². The van der Waals surface area contributed by atoms with Gasteiger partial charge in [-0.05, 0) is 12.0 Å². The third-order valence-corrected chi connectivity index (χ3v) is 3.01. The number of amides is 2. The zero-order chi connectivity index (χ0) is 15.8. The highest BCUT2D eigenvalue weighted by molar-refractivity contribution is 5.89. The second-order valence-corrected chi connectivity index (χ2v) is 4.79. The third-order valence-electron chi connectivity index (χ3n) is 3.01. The summed E-state index contributed by atoms with van der Waals surface area (Å²) in [5.74, 6) is 0.0671. The van der Waals surface area contributed by atoms with Gasteiger partial charge in [-0.3, -0.25) is 9.59 Å².